The Labute approximate surface area is 172 Å². The molecule has 1 aromatic carbocycles. The highest BCUT2D eigenvalue weighted by molar-refractivity contribution is 5.80. The van der Waals surface area contributed by atoms with Gasteiger partial charge in [-0.1, -0.05) is 27.2 Å². The maximum Gasteiger partial charge on any atom is 0.131 e. The van der Waals surface area contributed by atoms with E-state index in [0.717, 1.165) is 29.1 Å². The van der Waals surface area contributed by atoms with Crippen molar-refractivity contribution in [1.29, 1.82) is 0 Å². The van der Waals surface area contributed by atoms with Gasteiger partial charge >= 0.3 is 0 Å². The number of halogens is 1. The van der Waals surface area contributed by atoms with E-state index in [0.29, 0.717) is 18.3 Å². The molecule has 0 amide bonds. The summed E-state index contributed by atoms with van der Waals surface area (Å²) in [5.74, 6) is 0.864. The second-order valence-corrected chi connectivity index (χ2v) is 7.56. The summed E-state index contributed by atoms with van der Waals surface area (Å²) in [6, 6.07) is 8.76. The molecule has 4 rings (SSSR count). The normalized spacial score (nSPS) is 13.0. The Hall–Kier alpha value is -2.69. The average molecular weight is 396 g/mol. The second kappa shape index (κ2) is 9.68. The number of pyridine rings is 1. The summed E-state index contributed by atoms with van der Waals surface area (Å²) in [6.07, 6.45) is 8.13. The third-order valence-corrected chi connectivity index (χ3v) is 4.78. The van der Waals surface area contributed by atoms with Crippen LogP contribution in [0.25, 0.3) is 22.6 Å². The van der Waals surface area contributed by atoms with Crippen molar-refractivity contribution in [2.75, 3.05) is 6.61 Å². The highest BCUT2D eigenvalue weighted by Gasteiger charge is 2.24. The van der Waals surface area contributed by atoms with Crippen molar-refractivity contribution < 1.29 is 9.13 Å². The fourth-order valence-corrected chi connectivity index (χ4v) is 3.06. The fraction of sp³-hybridized carbons (Fsp3) is 0.417. The summed E-state index contributed by atoms with van der Waals surface area (Å²) < 4.78 is 21.7. The van der Waals surface area contributed by atoms with Crippen molar-refractivity contribution >= 4 is 0 Å². The van der Waals surface area contributed by atoms with E-state index in [-0.39, 0.29) is 5.82 Å². The van der Waals surface area contributed by atoms with Crippen LogP contribution in [0.4, 0.5) is 4.39 Å². The van der Waals surface area contributed by atoms with E-state index in [2.05, 4.69) is 36.8 Å². The molecular weight excluding hydrogens is 365 g/mol. The first kappa shape index (κ1) is 21.0. The van der Waals surface area contributed by atoms with Crippen LogP contribution in [0.5, 0.6) is 5.75 Å². The van der Waals surface area contributed by atoms with Gasteiger partial charge in [-0.2, -0.15) is 0 Å². The van der Waals surface area contributed by atoms with E-state index < -0.39 is 0 Å². The summed E-state index contributed by atoms with van der Waals surface area (Å²) in [5.41, 5.74) is 4.53. The predicted molar refractivity (Wildman–Crippen MR) is 115 cm³/mol. The first-order valence-electron chi connectivity index (χ1n) is 10.5. The molecule has 0 bridgehead atoms. The van der Waals surface area contributed by atoms with E-state index in [9.17, 15) is 4.39 Å². The molecule has 1 saturated carbocycles. The van der Waals surface area contributed by atoms with E-state index in [1.807, 2.05) is 23.9 Å². The predicted octanol–water partition coefficient (Wildman–Crippen LogP) is 6.06. The molecule has 1 aliphatic carbocycles. The third-order valence-electron chi connectivity index (χ3n) is 4.78. The molecule has 2 heterocycles. The Morgan fingerprint density at radius 1 is 1.10 bits per heavy atom. The molecule has 1 aliphatic rings. The average Bonchev–Trinajstić information content (AvgIpc) is 3.48. The molecule has 0 N–H and O–H groups in total. The molecule has 4 nitrogen and oxygen atoms in total. The van der Waals surface area contributed by atoms with Crippen molar-refractivity contribution in [1.82, 2.24) is 14.5 Å². The van der Waals surface area contributed by atoms with Crippen LogP contribution < -0.4 is 4.74 Å². The van der Waals surface area contributed by atoms with Crippen LogP contribution in [-0.2, 0) is 13.5 Å². The molecule has 0 aliphatic heterocycles. The van der Waals surface area contributed by atoms with E-state index in [4.69, 9.17) is 4.74 Å². The van der Waals surface area contributed by atoms with E-state index >= 15 is 0 Å². The number of aromatic nitrogens is 3. The SMILES string of the molecule is CCC.CCc1ccnc(-c2ncn(C)c2-c2ccc(F)cc2OCC2CC2)c1. The third kappa shape index (κ3) is 5.22. The quantitative estimate of drug-likeness (QED) is 0.510. The molecule has 1 fully saturated rings. The second-order valence-electron chi connectivity index (χ2n) is 7.56. The molecule has 0 spiro atoms. The standard InChI is InChI=1S/C21H22FN3O.C3H8/c1-3-14-8-9-23-18(10-14)20-21(25(2)13-24-20)17-7-6-16(22)11-19(17)26-12-15-4-5-15;1-3-2/h6-11,13,15H,3-5,12H2,1-2H3;3H2,1-2H3. The summed E-state index contributed by atoms with van der Waals surface area (Å²) in [5, 5.41) is 0. The molecule has 2 aromatic heterocycles. The van der Waals surface area contributed by atoms with Gasteiger partial charge in [0.2, 0.25) is 0 Å². The molecule has 5 heteroatoms. The van der Waals surface area contributed by atoms with Crippen molar-refractivity contribution in [2.45, 2.75) is 46.5 Å². The van der Waals surface area contributed by atoms with Crippen molar-refractivity contribution in [3.8, 4) is 28.4 Å². The zero-order valence-electron chi connectivity index (χ0n) is 17.8. The zero-order valence-corrected chi connectivity index (χ0v) is 17.8. The molecule has 0 unspecified atom stereocenters. The number of hydrogen-bond donors (Lipinski definition) is 0. The minimum Gasteiger partial charge on any atom is -0.492 e. The van der Waals surface area contributed by atoms with Crippen LogP contribution in [0, 0.1) is 11.7 Å². The van der Waals surface area contributed by atoms with Crippen LogP contribution in [-0.4, -0.2) is 21.1 Å². The monoisotopic (exact) mass is 395 g/mol. The number of imidazole rings is 1. The van der Waals surface area contributed by atoms with Crippen LogP contribution in [0.1, 0.15) is 45.6 Å². The Balaban J connectivity index is 0.000000755. The smallest absolute Gasteiger partial charge is 0.131 e. The van der Waals surface area contributed by atoms with Crippen LogP contribution in [0.2, 0.25) is 0 Å². The van der Waals surface area contributed by atoms with E-state index in [1.54, 1.807) is 12.4 Å². The minimum absolute atomic E-state index is 0.297. The maximum atomic E-state index is 13.8. The number of benzene rings is 1. The van der Waals surface area contributed by atoms with E-state index in [1.165, 1.54) is 37.0 Å². The molecule has 3 aromatic rings. The van der Waals surface area contributed by atoms with Gasteiger partial charge in [0.1, 0.15) is 17.3 Å². The Morgan fingerprint density at radius 2 is 1.86 bits per heavy atom. The first-order valence-corrected chi connectivity index (χ1v) is 10.5. The van der Waals surface area contributed by atoms with Gasteiger partial charge in [-0.3, -0.25) is 4.98 Å². The molecular formula is C24H30FN3O. The minimum atomic E-state index is -0.297. The largest absolute Gasteiger partial charge is 0.492 e. The molecule has 0 radical (unpaired) electrons. The van der Waals surface area contributed by atoms with Crippen LogP contribution in [0.15, 0.2) is 42.9 Å². The Bertz CT molecular complexity index is 947. The molecule has 0 saturated heterocycles. The van der Waals surface area contributed by atoms with Gasteiger partial charge in [-0.05, 0) is 55.0 Å². The number of aryl methyl sites for hydroxylation is 2. The highest BCUT2D eigenvalue weighted by Crippen LogP contribution is 2.38. The van der Waals surface area contributed by atoms with Crippen molar-refractivity contribution in [3.63, 3.8) is 0 Å². The van der Waals surface area contributed by atoms with Gasteiger partial charge in [0, 0.05) is 24.9 Å². The molecule has 29 heavy (non-hydrogen) atoms. The summed E-state index contributed by atoms with van der Waals surface area (Å²) in [6.45, 7) is 7.00. The molecule has 0 atom stereocenters. The van der Waals surface area contributed by atoms with Crippen LogP contribution >= 0.6 is 0 Å². The number of rotatable bonds is 6. The Morgan fingerprint density at radius 3 is 2.55 bits per heavy atom. The summed E-state index contributed by atoms with van der Waals surface area (Å²) in [4.78, 5) is 9.06. The highest BCUT2D eigenvalue weighted by atomic mass is 19.1. The maximum absolute atomic E-state index is 13.8. The lowest BCUT2D eigenvalue weighted by atomic mass is 10.1. The van der Waals surface area contributed by atoms with Gasteiger partial charge < -0.3 is 9.30 Å². The summed E-state index contributed by atoms with van der Waals surface area (Å²) >= 11 is 0. The lowest BCUT2D eigenvalue weighted by Gasteiger charge is -2.13. The lowest BCUT2D eigenvalue weighted by molar-refractivity contribution is 0.299. The van der Waals surface area contributed by atoms with Gasteiger partial charge in [0.05, 0.1) is 24.3 Å². The Kier molecular flexibility index (Phi) is 7.02. The van der Waals surface area contributed by atoms with Gasteiger partial charge in [-0.25, -0.2) is 9.37 Å². The van der Waals surface area contributed by atoms with Crippen molar-refractivity contribution in [2.24, 2.45) is 13.0 Å². The van der Waals surface area contributed by atoms with Gasteiger partial charge in [-0.15, -0.1) is 0 Å². The molecule has 154 valence electrons. The summed E-state index contributed by atoms with van der Waals surface area (Å²) in [7, 11) is 1.93. The van der Waals surface area contributed by atoms with Crippen molar-refractivity contribution in [3.05, 3.63) is 54.2 Å². The first-order chi connectivity index (χ1) is 14.1. The van der Waals surface area contributed by atoms with Crippen LogP contribution in [0.3, 0.4) is 0 Å². The zero-order chi connectivity index (χ0) is 20.8. The lowest BCUT2D eigenvalue weighted by Crippen LogP contribution is -2.03. The topological polar surface area (TPSA) is 39.9 Å². The number of hydrogen-bond acceptors (Lipinski definition) is 3. The van der Waals surface area contributed by atoms with Gasteiger partial charge in [0.25, 0.3) is 0 Å². The number of nitrogens with zero attached hydrogens (tertiary/aromatic N) is 3. The van der Waals surface area contributed by atoms with Gasteiger partial charge in [0.15, 0.2) is 0 Å². The number of ether oxygens (including phenoxy) is 1. The fourth-order valence-electron chi connectivity index (χ4n) is 3.06.